The Kier molecular flexibility index (Phi) is 7.37. The summed E-state index contributed by atoms with van der Waals surface area (Å²) in [6.07, 6.45) is -0.108. The normalized spacial score (nSPS) is 20.6. The minimum Gasteiger partial charge on any atom is -0.398 e. The first-order chi connectivity index (χ1) is 12.9. The van der Waals surface area contributed by atoms with Gasteiger partial charge in [0, 0.05) is 16.9 Å². The number of nitrogens with zero attached hydrogens (tertiary/aromatic N) is 1. The van der Waals surface area contributed by atoms with Crippen LogP contribution in [0.1, 0.15) is 78.9 Å². The SMILES string of the molecule is CC(O)OC(C)OC(C)OC(C)N1c2cc(C(C)C)c(N)cc2CCC1(C)C. The number of aryl methyl sites for hydroxylation is 1. The van der Waals surface area contributed by atoms with Crippen molar-refractivity contribution >= 4 is 11.4 Å². The monoisotopic (exact) mass is 394 g/mol. The number of hydrogen-bond acceptors (Lipinski definition) is 6. The fourth-order valence-corrected chi connectivity index (χ4v) is 4.12. The highest BCUT2D eigenvalue weighted by atomic mass is 16.8. The van der Waals surface area contributed by atoms with Gasteiger partial charge in [-0.2, -0.15) is 0 Å². The number of rotatable bonds is 8. The first kappa shape index (κ1) is 22.9. The summed E-state index contributed by atoms with van der Waals surface area (Å²) in [4.78, 5) is 2.33. The highest BCUT2D eigenvalue weighted by Crippen LogP contribution is 2.42. The molecule has 3 N–H and O–H groups in total. The zero-order valence-electron chi connectivity index (χ0n) is 18.7. The molecule has 0 bridgehead atoms. The van der Waals surface area contributed by atoms with Crippen molar-refractivity contribution in [2.45, 2.75) is 105 Å². The number of hydrogen-bond donors (Lipinski definition) is 2. The Morgan fingerprint density at radius 3 is 2.18 bits per heavy atom. The van der Waals surface area contributed by atoms with E-state index in [1.807, 2.05) is 13.8 Å². The van der Waals surface area contributed by atoms with E-state index in [1.165, 1.54) is 11.3 Å². The first-order valence-corrected chi connectivity index (χ1v) is 10.3. The predicted molar refractivity (Wildman–Crippen MR) is 113 cm³/mol. The van der Waals surface area contributed by atoms with E-state index < -0.39 is 18.9 Å². The van der Waals surface area contributed by atoms with E-state index in [4.69, 9.17) is 19.9 Å². The van der Waals surface area contributed by atoms with Gasteiger partial charge in [0.05, 0.1) is 0 Å². The quantitative estimate of drug-likeness (QED) is 0.504. The van der Waals surface area contributed by atoms with Crippen LogP contribution in [-0.2, 0) is 20.6 Å². The molecule has 1 aromatic rings. The van der Waals surface area contributed by atoms with Gasteiger partial charge >= 0.3 is 0 Å². The molecule has 0 spiro atoms. The smallest absolute Gasteiger partial charge is 0.161 e. The lowest BCUT2D eigenvalue weighted by molar-refractivity contribution is -0.277. The van der Waals surface area contributed by atoms with Gasteiger partial charge in [-0.15, -0.1) is 0 Å². The van der Waals surface area contributed by atoms with Crippen LogP contribution in [0.25, 0.3) is 0 Å². The Balaban J connectivity index is 2.24. The number of nitrogens with two attached hydrogens (primary N) is 1. The lowest BCUT2D eigenvalue weighted by Crippen LogP contribution is -2.54. The zero-order valence-corrected chi connectivity index (χ0v) is 18.7. The van der Waals surface area contributed by atoms with Crippen LogP contribution in [0.5, 0.6) is 0 Å². The highest BCUT2D eigenvalue weighted by Gasteiger charge is 2.37. The first-order valence-electron chi connectivity index (χ1n) is 10.3. The van der Waals surface area contributed by atoms with Crippen LogP contribution >= 0.6 is 0 Å². The van der Waals surface area contributed by atoms with Crippen molar-refractivity contribution in [3.05, 3.63) is 23.3 Å². The third-order valence-electron chi connectivity index (χ3n) is 5.35. The number of aliphatic hydroxyl groups excluding tert-OH is 1. The molecule has 0 aromatic heterocycles. The van der Waals surface area contributed by atoms with Crippen LogP contribution in [0.2, 0.25) is 0 Å². The molecule has 0 radical (unpaired) electrons. The Morgan fingerprint density at radius 1 is 1.00 bits per heavy atom. The Labute approximate surface area is 169 Å². The van der Waals surface area contributed by atoms with Gasteiger partial charge in [-0.3, -0.25) is 0 Å². The fraction of sp³-hybridized carbons (Fsp3) is 0.727. The number of anilines is 2. The van der Waals surface area contributed by atoms with Crippen molar-refractivity contribution in [1.82, 2.24) is 0 Å². The number of benzene rings is 1. The van der Waals surface area contributed by atoms with E-state index in [2.05, 4.69) is 44.7 Å². The molecule has 0 saturated heterocycles. The maximum absolute atomic E-state index is 9.33. The fourth-order valence-electron chi connectivity index (χ4n) is 4.12. The third-order valence-corrected chi connectivity index (χ3v) is 5.35. The highest BCUT2D eigenvalue weighted by molar-refractivity contribution is 5.67. The molecular weight excluding hydrogens is 356 g/mol. The maximum atomic E-state index is 9.33. The van der Waals surface area contributed by atoms with Crippen molar-refractivity contribution in [2.24, 2.45) is 0 Å². The minimum atomic E-state index is -0.882. The minimum absolute atomic E-state index is 0.0573. The molecule has 0 fully saturated rings. The van der Waals surface area contributed by atoms with Crippen molar-refractivity contribution in [2.75, 3.05) is 10.6 Å². The third kappa shape index (κ3) is 5.38. The van der Waals surface area contributed by atoms with Gasteiger partial charge in [-0.05, 0) is 83.6 Å². The molecule has 4 unspecified atom stereocenters. The number of fused-ring (bicyclic) bond motifs is 1. The summed E-state index contributed by atoms with van der Waals surface area (Å²) >= 11 is 0. The van der Waals surface area contributed by atoms with Crippen LogP contribution in [-0.4, -0.2) is 35.7 Å². The lowest BCUT2D eigenvalue weighted by Gasteiger charge is -2.49. The van der Waals surface area contributed by atoms with Gasteiger partial charge in [0.25, 0.3) is 0 Å². The van der Waals surface area contributed by atoms with Crippen molar-refractivity contribution < 1.29 is 19.3 Å². The molecule has 28 heavy (non-hydrogen) atoms. The maximum Gasteiger partial charge on any atom is 0.161 e. The van der Waals surface area contributed by atoms with E-state index in [9.17, 15) is 5.11 Å². The van der Waals surface area contributed by atoms with Crippen molar-refractivity contribution in [1.29, 1.82) is 0 Å². The van der Waals surface area contributed by atoms with Gasteiger partial charge in [0.2, 0.25) is 0 Å². The molecule has 1 aliphatic rings. The summed E-state index contributed by atoms with van der Waals surface area (Å²) in [7, 11) is 0. The number of ether oxygens (including phenoxy) is 3. The van der Waals surface area contributed by atoms with Gasteiger partial charge in [-0.1, -0.05) is 13.8 Å². The average Bonchev–Trinajstić information content (AvgIpc) is 2.52. The van der Waals surface area contributed by atoms with Crippen LogP contribution in [0.3, 0.4) is 0 Å². The molecule has 0 amide bonds. The lowest BCUT2D eigenvalue weighted by atomic mass is 9.84. The molecule has 6 heteroatoms. The van der Waals surface area contributed by atoms with Crippen molar-refractivity contribution in [3.8, 4) is 0 Å². The van der Waals surface area contributed by atoms with E-state index in [-0.39, 0.29) is 11.8 Å². The summed E-state index contributed by atoms with van der Waals surface area (Å²) in [6, 6.07) is 4.35. The van der Waals surface area contributed by atoms with Crippen LogP contribution < -0.4 is 10.6 Å². The van der Waals surface area contributed by atoms with Gasteiger partial charge < -0.3 is 30.0 Å². The van der Waals surface area contributed by atoms with E-state index in [0.29, 0.717) is 5.92 Å². The molecule has 6 nitrogen and oxygen atoms in total. The van der Waals surface area contributed by atoms with Gasteiger partial charge in [0.15, 0.2) is 18.9 Å². The summed E-state index contributed by atoms with van der Waals surface area (Å²) in [5.41, 5.74) is 10.7. The largest absolute Gasteiger partial charge is 0.398 e. The molecule has 0 saturated carbocycles. The van der Waals surface area contributed by atoms with Gasteiger partial charge in [-0.25, -0.2) is 0 Å². The molecular formula is C22H38N2O4. The van der Waals surface area contributed by atoms with E-state index >= 15 is 0 Å². The number of aliphatic hydroxyl groups is 1. The second-order valence-corrected chi connectivity index (χ2v) is 8.69. The topological polar surface area (TPSA) is 77.2 Å². The van der Waals surface area contributed by atoms with Crippen LogP contribution in [0.15, 0.2) is 12.1 Å². The molecule has 160 valence electrons. The molecule has 0 aliphatic carbocycles. The molecule has 1 aliphatic heterocycles. The standard InChI is InChI=1S/C22H38N2O4/c1-13(2)19-12-21-18(11-20(19)23)9-10-22(7,8)24(21)14(3)26-16(5)28-17(6)27-15(4)25/h11-17,25H,9-10,23H2,1-8H3. The van der Waals surface area contributed by atoms with E-state index in [1.54, 1.807) is 13.8 Å². The van der Waals surface area contributed by atoms with Crippen LogP contribution in [0.4, 0.5) is 11.4 Å². The average molecular weight is 395 g/mol. The Bertz CT molecular complexity index is 660. The van der Waals surface area contributed by atoms with Crippen LogP contribution in [0, 0.1) is 0 Å². The van der Waals surface area contributed by atoms with E-state index in [0.717, 1.165) is 24.1 Å². The second kappa shape index (κ2) is 8.99. The van der Waals surface area contributed by atoms with Gasteiger partial charge in [0.1, 0.15) is 6.23 Å². The Hall–Kier alpha value is -1.34. The summed E-state index contributed by atoms with van der Waals surface area (Å²) < 4.78 is 17.1. The molecule has 1 aromatic carbocycles. The summed E-state index contributed by atoms with van der Waals surface area (Å²) in [5, 5.41) is 9.33. The number of nitrogen functional groups attached to an aromatic ring is 1. The van der Waals surface area contributed by atoms with Crippen molar-refractivity contribution in [3.63, 3.8) is 0 Å². The molecule has 1 heterocycles. The summed E-state index contributed by atoms with van der Waals surface area (Å²) in [6.45, 7) is 16.0. The molecule has 2 rings (SSSR count). The summed E-state index contributed by atoms with van der Waals surface area (Å²) in [5.74, 6) is 0.356. The Morgan fingerprint density at radius 2 is 1.61 bits per heavy atom. The zero-order chi connectivity index (χ0) is 21.2. The molecule has 4 atom stereocenters. The predicted octanol–water partition coefficient (Wildman–Crippen LogP) is 4.35. The second-order valence-electron chi connectivity index (χ2n) is 8.69.